The van der Waals surface area contributed by atoms with E-state index >= 15 is 0 Å². The Labute approximate surface area is 113 Å². The smallest absolute Gasteiger partial charge is 0.207 e. The van der Waals surface area contributed by atoms with Crippen molar-refractivity contribution in [3.8, 4) is 0 Å². The summed E-state index contributed by atoms with van der Waals surface area (Å²) in [6.45, 7) is 1.88. The van der Waals surface area contributed by atoms with Gasteiger partial charge in [-0.15, -0.1) is 0 Å². The third-order valence-corrected chi connectivity index (χ3v) is 3.73. The van der Waals surface area contributed by atoms with Crippen LogP contribution in [0.1, 0.15) is 24.4 Å². The molecule has 3 rings (SSSR count). The second kappa shape index (κ2) is 4.39. The van der Waals surface area contributed by atoms with Gasteiger partial charge in [0, 0.05) is 24.1 Å². The van der Waals surface area contributed by atoms with E-state index in [1.54, 1.807) is 12.3 Å². The van der Waals surface area contributed by atoms with Crippen LogP contribution in [0.2, 0.25) is 0 Å². The number of imidazole rings is 1. The lowest BCUT2D eigenvalue weighted by Gasteiger charge is -2.12. The minimum Gasteiger partial charge on any atom is -0.325 e. The molecular weight excluding hydrogens is 297 g/mol. The van der Waals surface area contributed by atoms with Gasteiger partial charge in [0.2, 0.25) is 5.95 Å². The maximum absolute atomic E-state index is 13.4. The van der Waals surface area contributed by atoms with Gasteiger partial charge in [-0.05, 0) is 53.4 Å². The number of anilines is 2. The van der Waals surface area contributed by atoms with Crippen molar-refractivity contribution in [2.24, 2.45) is 0 Å². The molecule has 0 atom stereocenters. The van der Waals surface area contributed by atoms with Crippen LogP contribution in [-0.4, -0.2) is 9.55 Å². The van der Waals surface area contributed by atoms with Crippen molar-refractivity contribution < 1.29 is 4.39 Å². The molecule has 0 saturated heterocycles. The van der Waals surface area contributed by atoms with E-state index in [1.807, 2.05) is 13.1 Å². The number of rotatable bonds is 3. The Bertz CT molecular complexity index is 590. The Kier molecular flexibility index (Phi) is 2.86. The zero-order chi connectivity index (χ0) is 12.7. The largest absolute Gasteiger partial charge is 0.325 e. The SMILES string of the molecule is Cc1cc(F)c(Br)cc1Nc1nccn1C1CC1. The number of aryl methyl sites for hydroxylation is 1. The van der Waals surface area contributed by atoms with Gasteiger partial charge in [-0.3, -0.25) is 0 Å². The first-order valence-corrected chi connectivity index (χ1v) is 6.70. The highest BCUT2D eigenvalue weighted by atomic mass is 79.9. The number of hydrogen-bond acceptors (Lipinski definition) is 2. The van der Waals surface area contributed by atoms with Gasteiger partial charge in [0.05, 0.1) is 4.47 Å². The summed E-state index contributed by atoms with van der Waals surface area (Å²) in [4.78, 5) is 4.31. The molecule has 1 N–H and O–H groups in total. The van der Waals surface area contributed by atoms with Crippen molar-refractivity contribution in [2.75, 3.05) is 5.32 Å². The van der Waals surface area contributed by atoms with Gasteiger partial charge in [-0.1, -0.05) is 0 Å². The van der Waals surface area contributed by atoms with Crippen molar-refractivity contribution in [3.05, 3.63) is 40.4 Å². The van der Waals surface area contributed by atoms with Gasteiger partial charge in [0.15, 0.2) is 0 Å². The first-order valence-electron chi connectivity index (χ1n) is 5.90. The van der Waals surface area contributed by atoms with Crippen molar-refractivity contribution in [1.82, 2.24) is 9.55 Å². The van der Waals surface area contributed by atoms with Crippen LogP contribution < -0.4 is 5.32 Å². The molecule has 0 unspecified atom stereocenters. The first kappa shape index (κ1) is 11.7. The summed E-state index contributed by atoms with van der Waals surface area (Å²) >= 11 is 3.20. The van der Waals surface area contributed by atoms with E-state index in [4.69, 9.17) is 0 Å². The highest BCUT2D eigenvalue weighted by molar-refractivity contribution is 9.10. The molecule has 0 spiro atoms. The van der Waals surface area contributed by atoms with E-state index in [9.17, 15) is 4.39 Å². The molecule has 5 heteroatoms. The fourth-order valence-electron chi connectivity index (χ4n) is 1.96. The summed E-state index contributed by atoms with van der Waals surface area (Å²) in [6.07, 6.45) is 6.18. The Morgan fingerprint density at radius 1 is 1.44 bits per heavy atom. The van der Waals surface area contributed by atoms with Crippen molar-refractivity contribution in [3.63, 3.8) is 0 Å². The fourth-order valence-corrected chi connectivity index (χ4v) is 2.30. The lowest BCUT2D eigenvalue weighted by molar-refractivity contribution is 0.620. The highest BCUT2D eigenvalue weighted by Crippen LogP contribution is 2.37. The molecule has 1 heterocycles. The topological polar surface area (TPSA) is 29.9 Å². The standard InChI is InChI=1S/C13H13BrFN3/c1-8-6-11(15)10(14)7-12(8)17-13-16-4-5-18(13)9-2-3-9/h4-7,9H,2-3H2,1H3,(H,16,17). The molecule has 2 aromatic rings. The van der Waals surface area contributed by atoms with Crippen LogP contribution in [0.4, 0.5) is 16.0 Å². The van der Waals surface area contributed by atoms with Gasteiger partial charge in [-0.25, -0.2) is 9.37 Å². The minimum atomic E-state index is -0.247. The summed E-state index contributed by atoms with van der Waals surface area (Å²) in [6, 6.07) is 3.83. The molecule has 1 aliphatic carbocycles. The summed E-state index contributed by atoms with van der Waals surface area (Å²) in [5.41, 5.74) is 1.73. The normalized spacial score (nSPS) is 14.8. The average molecular weight is 310 g/mol. The van der Waals surface area contributed by atoms with Crippen molar-refractivity contribution in [1.29, 1.82) is 0 Å². The number of halogens is 2. The zero-order valence-corrected chi connectivity index (χ0v) is 11.5. The molecule has 0 bridgehead atoms. The van der Waals surface area contributed by atoms with E-state index in [-0.39, 0.29) is 5.82 Å². The average Bonchev–Trinajstić information content (AvgIpc) is 3.07. The molecule has 0 radical (unpaired) electrons. The summed E-state index contributed by atoms with van der Waals surface area (Å²) in [5, 5.41) is 3.27. The molecule has 1 aromatic carbocycles. The number of aromatic nitrogens is 2. The molecular formula is C13H13BrFN3. The third-order valence-electron chi connectivity index (χ3n) is 3.12. The minimum absolute atomic E-state index is 0.247. The molecule has 1 aromatic heterocycles. The van der Waals surface area contributed by atoms with Gasteiger partial charge < -0.3 is 9.88 Å². The molecule has 18 heavy (non-hydrogen) atoms. The van der Waals surface area contributed by atoms with E-state index in [2.05, 4.69) is 30.8 Å². The van der Waals surface area contributed by atoms with Crippen LogP contribution in [-0.2, 0) is 0 Å². The van der Waals surface area contributed by atoms with Crippen LogP contribution in [0.3, 0.4) is 0 Å². The molecule has 94 valence electrons. The van der Waals surface area contributed by atoms with Crippen molar-refractivity contribution in [2.45, 2.75) is 25.8 Å². The van der Waals surface area contributed by atoms with Crippen molar-refractivity contribution >= 4 is 27.6 Å². The summed E-state index contributed by atoms with van der Waals surface area (Å²) in [7, 11) is 0. The maximum atomic E-state index is 13.4. The summed E-state index contributed by atoms with van der Waals surface area (Å²) < 4.78 is 16.0. The second-order valence-electron chi connectivity index (χ2n) is 4.60. The lowest BCUT2D eigenvalue weighted by atomic mass is 10.2. The predicted molar refractivity (Wildman–Crippen MR) is 72.6 cm³/mol. The fraction of sp³-hybridized carbons (Fsp3) is 0.308. The van der Waals surface area contributed by atoms with E-state index < -0.39 is 0 Å². The van der Waals surface area contributed by atoms with Crippen LogP contribution in [0, 0.1) is 12.7 Å². The van der Waals surface area contributed by atoms with Crippen LogP contribution in [0.15, 0.2) is 29.0 Å². The van der Waals surface area contributed by atoms with E-state index in [0.717, 1.165) is 17.2 Å². The number of hydrogen-bond donors (Lipinski definition) is 1. The van der Waals surface area contributed by atoms with Crippen LogP contribution in [0.5, 0.6) is 0 Å². The van der Waals surface area contributed by atoms with Gasteiger partial charge in [-0.2, -0.15) is 0 Å². The maximum Gasteiger partial charge on any atom is 0.207 e. The number of nitrogens with zero attached hydrogens (tertiary/aromatic N) is 2. The molecule has 3 nitrogen and oxygen atoms in total. The Hall–Kier alpha value is -1.36. The van der Waals surface area contributed by atoms with Gasteiger partial charge >= 0.3 is 0 Å². The Morgan fingerprint density at radius 3 is 2.94 bits per heavy atom. The monoisotopic (exact) mass is 309 g/mol. The number of benzene rings is 1. The predicted octanol–water partition coefficient (Wildman–Crippen LogP) is 4.17. The van der Waals surface area contributed by atoms with Crippen LogP contribution >= 0.6 is 15.9 Å². The van der Waals surface area contributed by atoms with E-state index in [0.29, 0.717) is 10.5 Å². The zero-order valence-electron chi connectivity index (χ0n) is 9.95. The third kappa shape index (κ3) is 2.14. The lowest BCUT2D eigenvalue weighted by Crippen LogP contribution is -2.02. The van der Waals surface area contributed by atoms with Gasteiger partial charge in [0.25, 0.3) is 0 Å². The Balaban J connectivity index is 1.92. The van der Waals surface area contributed by atoms with Crippen LogP contribution in [0.25, 0.3) is 0 Å². The molecule has 1 fully saturated rings. The molecule has 0 amide bonds. The van der Waals surface area contributed by atoms with E-state index in [1.165, 1.54) is 18.9 Å². The molecule has 1 aliphatic rings. The molecule has 0 aliphatic heterocycles. The quantitative estimate of drug-likeness (QED) is 0.922. The number of nitrogens with one attached hydrogen (secondary N) is 1. The van der Waals surface area contributed by atoms with Gasteiger partial charge in [0.1, 0.15) is 5.82 Å². The first-order chi connectivity index (χ1) is 8.65. The second-order valence-corrected chi connectivity index (χ2v) is 5.45. The molecule has 1 saturated carbocycles. The Morgan fingerprint density at radius 2 is 2.22 bits per heavy atom. The summed E-state index contributed by atoms with van der Waals surface area (Å²) in [5.74, 6) is 0.572. The highest BCUT2D eigenvalue weighted by Gasteiger charge is 2.25.